The molecule has 2 heterocycles. The van der Waals surface area contributed by atoms with Crippen molar-refractivity contribution < 1.29 is 12.8 Å². The molecule has 0 saturated carbocycles. The van der Waals surface area contributed by atoms with E-state index in [1.165, 1.54) is 6.07 Å². The van der Waals surface area contributed by atoms with Gasteiger partial charge in [0.2, 0.25) is 15.9 Å². The number of pyridine rings is 1. The van der Waals surface area contributed by atoms with E-state index < -0.39 is 10.0 Å². The summed E-state index contributed by atoms with van der Waals surface area (Å²) in [6, 6.07) is 3.09. The summed E-state index contributed by atoms with van der Waals surface area (Å²) >= 11 is 0. The summed E-state index contributed by atoms with van der Waals surface area (Å²) in [5, 5.41) is 3.00. The second kappa shape index (κ2) is 6.68. The Morgan fingerprint density at radius 2 is 2.14 bits per heavy atom. The molecule has 0 fully saturated rings. The van der Waals surface area contributed by atoms with Gasteiger partial charge in [-0.15, -0.1) is 0 Å². The molecule has 0 radical (unpaired) electrons. The van der Waals surface area contributed by atoms with Crippen molar-refractivity contribution in [3.05, 3.63) is 36.2 Å². The summed E-state index contributed by atoms with van der Waals surface area (Å²) in [6.45, 7) is 4.39. The summed E-state index contributed by atoms with van der Waals surface area (Å²) in [5.41, 5.74) is 0. The van der Waals surface area contributed by atoms with Crippen LogP contribution in [0.4, 0.5) is 5.82 Å². The molecule has 2 aromatic heterocycles. The fraction of sp³-hybridized carbons (Fsp3) is 0.385. The van der Waals surface area contributed by atoms with Crippen LogP contribution < -0.4 is 10.0 Å². The summed E-state index contributed by atoms with van der Waals surface area (Å²) in [4.78, 5) is 8.14. The topological polar surface area (TPSA) is 97.1 Å². The number of rotatable bonds is 7. The van der Waals surface area contributed by atoms with Crippen LogP contribution in [0.3, 0.4) is 0 Å². The van der Waals surface area contributed by atoms with Gasteiger partial charge in [0.15, 0.2) is 0 Å². The average molecular weight is 310 g/mol. The molecule has 0 aliphatic heterocycles. The Morgan fingerprint density at radius 3 is 2.81 bits per heavy atom. The molecule has 2 rings (SSSR count). The smallest absolute Gasteiger partial charge is 0.244 e. The first-order valence-electron chi connectivity index (χ1n) is 6.63. The maximum Gasteiger partial charge on any atom is 0.244 e. The Morgan fingerprint density at radius 1 is 1.33 bits per heavy atom. The molecule has 0 aromatic carbocycles. The Kier molecular flexibility index (Phi) is 4.92. The van der Waals surface area contributed by atoms with E-state index in [4.69, 9.17) is 4.42 Å². The van der Waals surface area contributed by atoms with Crippen LogP contribution in [0, 0.1) is 6.92 Å². The molecule has 0 unspecified atom stereocenters. The zero-order valence-electron chi connectivity index (χ0n) is 12.0. The molecule has 7 nitrogen and oxygen atoms in total. The van der Waals surface area contributed by atoms with Crippen LogP contribution in [0.2, 0.25) is 0 Å². The van der Waals surface area contributed by atoms with Crippen LogP contribution >= 0.6 is 0 Å². The van der Waals surface area contributed by atoms with Crippen molar-refractivity contribution >= 4 is 15.8 Å². The Bertz CT molecular complexity index is 697. The van der Waals surface area contributed by atoms with Crippen molar-refractivity contribution in [1.29, 1.82) is 0 Å². The van der Waals surface area contributed by atoms with E-state index in [1.54, 1.807) is 25.4 Å². The molecular formula is C13H18N4O3S. The van der Waals surface area contributed by atoms with Crippen molar-refractivity contribution in [2.75, 3.05) is 11.9 Å². The predicted octanol–water partition coefficient (Wildman–Crippen LogP) is 1.68. The van der Waals surface area contributed by atoms with Gasteiger partial charge in [-0.25, -0.2) is 23.1 Å². The highest BCUT2D eigenvalue weighted by molar-refractivity contribution is 7.89. The molecule has 114 valence electrons. The highest BCUT2D eigenvalue weighted by Gasteiger charge is 2.19. The molecule has 21 heavy (non-hydrogen) atoms. The third-order valence-electron chi connectivity index (χ3n) is 2.69. The number of oxazole rings is 1. The van der Waals surface area contributed by atoms with E-state index in [0.717, 1.165) is 6.42 Å². The molecule has 8 heteroatoms. The molecule has 0 atom stereocenters. The molecule has 2 N–H and O–H groups in total. The molecule has 0 spiro atoms. The lowest BCUT2D eigenvalue weighted by Gasteiger charge is -2.10. The first-order valence-corrected chi connectivity index (χ1v) is 8.11. The molecule has 2 aromatic rings. The van der Waals surface area contributed by atoms with Gasteiger partial charge in [0.05, 0.1) is 12.7 Å². The van der Waals surface area contributed by atoms with E-state index in [2.05, 4.69) is 20.0 Å². The minimum absolute atomic E-state index is 0.00170. The van der Waals surface area contributed by atoms with Crippen molar-refractivity contribution in [3.8, 4) is 0 Å². The summed E-state index contributed by atoms with van der Waals surface area (Å²) < 4.78 is 32.4. The summed E-state index contributed by atoms with van der Waals surface area (Å²) in [7, 11) is -3.69. The number of sulfonamides is 1. The Hall–Kier alpha value is -1.93. The zero-order valence-corrected chi connectivity index (χ0v) is 12.8. The summed E-state index contributed by atoms with van der Waals surface area (Å²) in [5.74, 6) is 1.30. The molecule has 0 aliphatic rings. The number of hydrogen-bond acceptors (Lipinski definition) is 6. The monoisotopic (exact) mass is 310 g/mol. The Labute approximate surface area is 123 Å². The molecule has 0 bridgehead atoms. The second-order valence-corrected chi connectivity index (χ2v) is 6.20. The number of nitrogens with one attached hydrogen (secondary N) is 2. The van der Waals surface area contributed by atoms with Gasteiger partial charge in [-0.2, -0.15) is 0 Å². The highest BCUT2D eigenvalue weighted by atomic mass is 32.2. The molecular weight excluding hydrogens is 292 g/mol. The van der Waals surface area contributed by atoms with Crippen LogP contribution in [-0.2, 0) is 16.6 Å². The maximum atomic E-state index is 12.3. The molecule has 0 saturated heterocycles. The van der Waals surface area contributed by atoms with Crippen molar-refractivity contribution in [3.63, 3.8) is 0 Å². The highest BCUT2D eigenvalue weighted by Crippen LogP contribution is 2.18. The standard InChI is InChI=1S/C13H18N4O3S/c1-3-6-14-13-11(5-4-7-15-13)21(18,19)17-9-12-16-8-10(2)20-12/h4-5,7-8,17H,3,6,9H2,1-2H3,(H,14,15). The maximum absolute atomic E-state index is 12.3. The fourth-order valence-electron chi connectivity index (χ4n) is 1.70. The van der Waals surface area contributed by atoms with Crippen LogP contribution in [0.5, 0.6) is 0 Å². The SMILES string of the molecule is CCCNc1ncccc1S(=O)(=O)NCc1ncc(C)o1. The van der Waals surface area contributed by atoms with Gasteiger partial charge >= 0.3 is 0 Å². The van der Waals surface area contributed by atoms with E-state index in [0.29, 0.717) is 24.0 Å². The minimum Gasteiger partial charge on any atom is -0.445 e. The number of anilines is 1. The van der Waals surface area contributed by atoms with Gasteiger partial charge in [-0.1, -0.05) is 6.92 Å². The quantitative estimate of drug-likeness (QED) is 0.807. The first kappa shape index (κ1) is 15.5. The number of hydrogen-bond donors (Lipinski definition) is 2. The van der Waals surface area contributed by atoms with Crippen LogP contribution in [0.1, 0.15) is 25.0 Å². The molecule has 0 aliphatic carbocycles. The summed E-state index contributed by atoms with van der Waals surface area (Å²) in [6.07, 6.45) is 3.97. The lowest BCUT2D eigenvalue weighted by Crippen LogP contribution is -2.24. The largest absolute Gasteiger partial charge is 0.445 e. The Balaban J connectivity index is 2.15. The normalized spacial score (nSPS) is 11.5. The lowest BCUT2D eigenvalue weighted by molar-refractivity contribution is 0.463. The van der Waals surface area contributed by atoms with Gasteiger partial charge in [-0.05, 0) is 25.5 Å². The third kappa shape index (κ3) is 4.02. The van der Waals surface area contributed by atoms with E-state index >= 15 is 0 Å². The van der Waals surface area contributed by atoms with E-state index in [1.807, 2.05) is 6.92 Å². The number of nitrogens with zero attached hydrogens (tertiary/aromatic N) is 2. The zero-order chi connectivity index (χ0) is 15.3. The minimum atomic E-state index is -3.69. The van der Waals surface area contributed by atoms with Gasteiger partial charge in [0.1, 0.15) is 16.5 Å². The lowest BCUT2D eigenvalue weighted by atomic mass is 10.4. The molecule has 0 amide bonds. The van der Waals surface area contributed by atoms with Crippen molar-refractivity contribution in [2.45, 2.75) is 31.7 Å². The number of aromatic nitrogens is 2. The fourth-order valence-corrected chi connectivity index (χ4v) is 2.81. The van der Waals surface area contributed by atoms with Crippen molar-refractivity contribution in [2.24, 2.45) is 0 Å². The van der Waals surface area contributed by atoms with Gasteiger partial charge in [0.25, 0.3) is 0 Å². The van der Waals surface area contributed by atoms with E-state index in [-0.39, 0.29) is 11.4 Å². The average Bonchev–Trinajstić information content (AvgIpc) is 2.89. The number of aryl methyl sites for hydroxylation is 1. The second-order valence-electron chi connectivity index (χ2n) is 4.47. The van der Waals surface area contributed by atoms with Gasteiger partial charge in [-0.3, -0.25) is 0 Å². The van der Waals surface area contributed by atoms with Crippen LogP contribution in [-0.4, -0.2) is 24.9 Å². The van der Waals surface area contributed by atoms with Crippen molar-refractivity contribution in [1.82, 2.24) is 14.7 Å². The van der Waals surface area contributed by atoms with Gasteiger partial charge < -0.3 is 9.73 Å². The van der Waals surface area contributed by atoms with Crippen LogP contribution in [0.15, 0.2) is 33.8 Å². The van der Waals surface area contributed by atoms with Crippen LogP contribution in [0.25, 0.3) is 0 Å². The first-order chi connectivity index (χ1) is 10.0. The third-order valence-corrected chi connectivity index (χ3v) is 4.12. The van der Waals surface area contributed by atoms with Gasteiger partial charge in [0, 0.05) is 12.7 Å². The predicted molar refractivity (Wildman–Crippen MR) is 78.3 cm³/mol. The van der Waals surface area contributed by atoms with E-state index in [9.17, 15) is 8.42 Å².